The summed E-state index contributed by atoms with van der Waals surface area (Å²) in [6.07, 6.45) is 1.46. The van der Waals surface area contributed by atoms with Gasteiger partial charge in [0, 0.05) is 16.8 Å². The normalized spacial score (nSPS) is 10.9. The summed E-state index contributed by atoms with van der Waals surface area (Å²) in [5.74, 6) is -0.409. The molecule has 144 valence electrons. The van der Waals surface area contributed by atoms with Gasteiger partial charge in [0.25, 0.3) is 5.91 Å². The highest BCUT2D eigenvalue weighted by Gasteiger charge is 2.12. The lowest BCUT2D eigenvalue weighted by atomic mass is 10.1. The summed E-state index contributed by atoms with van der Waals surface area (Å²) >= 11 is 0. The zero-order valence-electron chi connectivity index (χ0n) is 15.9. The average molecular weight is 386 g/mol. The number of amides is 1. The van der Waals surface area contributed by atoms with Crippen molar-refractivity contribution >= 4 is 17.7 Å². The quantitative estimate of drug-likeness (QED) is 0.464. The molecule has 4 nitrogen and oxygen atoms in total. The predicted octanol–water partition coefficient (Wildman–Crippen LogP) is 5.26. The van der Waals surface area contributed by atoms with E-state index in [2.05, 4.69) is 5.32 Å². The van der Waals surface area contributed by atoms with Gasteiger partial charge in [-0.2, -0.15) is 5.26 Å². The molecule has 0 atom stereocenters. The highest BCUT2D eigenvalue weighted by atomic mass is 19.1. The number of carbonyl (C=O) groups is 1. The number of hydrogen-bond donors (Lipinski definition) is 1. The van der Waals surface area contributed by atoms with E-state index < -0.39 is 5.91 Å². The Labute approximate surface area is 168 Å². The van der Waals surface area contributed by atoms with Gasteiger partial charge in [0.05, 0.1) is 0 Å². The van der Waals surface area contributed by atoms with Crippen molar-refractivity contribution in [2.75, 3.05) is 5.32 Å². The van der Waals surface area contributed by atoms with Crippen LogP contribution in [-0.2, 0) is 11.4 Å². The number of halogens is 1. The summed E-state index contributed by atoms with van der Waals surface area (Å²) in [6.45, 7) is 1.91. The Hall–Kier alpha value is -3.91. The first-order valence-electron chi connectivity index (χ1n) is 9.02. The number of anilines is 1. The van der Waals surface area contributed by atoms with Crippen LogP contribution in [-0.4, -0.2) is 5.91 Å². The van der Waals surface area contributed by atoms with E-state index in [1.807, 2.05) is 31.2 Å². The summed E-state index contributed by atoms with van der Waals surface area (Å²) in [4.78, 5) is 12.5. The molecule has 0 saturated heterocycles. The largest absolute Gasteiger partial charge is 0.488 e. The van der Waals surface area contributed by atoms with Crippen molar-refractivity contribution in [1.82, 2.24) is 0 Å². The summed E-state index contributed by atoms with van der Waals surface area (Å²) in [6, 6.07) is 22.6. The first-order valence-corrected chi connectivity index (χ1v) is 9.02. The lowest BCUT2D eigenvalue weighted by Gasteiger charge is -2.11. The third-order valence-electron chi connectivity index (χ3n) is 4.32. The summed E-state index contributed by atoms with van der Waals surface area (Å²) in [5.41, 5.74) is 2.45. The Morgan fingerprint density at radius 2 is 1.76 bits per heavy atom. The molecule has 0 unspecified atom stereocenters. The van der Waals surface area contributed by atoms with Gasteiger partial charge in [0.1, 0.15) is 29.8 Å². The number of benzene rings is 3. The second-order valence-corrected chi connectivity index (χ2v) is 6.36. The van der Waals surface area contributed by atoms with Gasteiger partial charge in [-0.15, -0.1) is 0 Å². The predicted molar refractivity (Wildman–Crippen MR) is 111 cm³/mol. The van der Waals surface area contributed by atoms with Crippen molar-refractivity contribution in [3.8, 4) is 11.8 Å². The molecule has 0 saturated carbocycles. The molecular formula is C24H19FN2O2. The second-order valence-electron chi connectivity index (χ2n) is 6.36. The topological polar surface area (TPSA) is 62.1 Å². The molecule has 1 amide bonds. The van der Waals surface area contributed by atoms with Crippen LogP contribution in [0, 0.1) is 24.1 Å². The maximum Gasteiger partial charge on any atom is 0.266 e. The van der Waals surface area contributed by atoms with Crippen molar-refractivity contribution < 1.29 is 13.9 Å². The number of ether oxygens (including phenoxy) is 1. The van der Waals surface area contributed by atoms with Crippen LogP contribution in [0.3, 0.4) is 0 Å². The number of nitrogens with one attached hydrogen (secondary N) is 1. The fourth-order valence-corrected chi connectivity index (χ4v) is 2.71. The van der Waals surface area contributed by atoms with E-state index >= 15 is 0 Å². The molecule has 0 fully saturated rings. The van der Waals surface area contributed by atoms with Crippen molar-refractivity contribution in [2.24, 2.45) is 0 Å². The van der Waals surface area contributed by atoms with Gasteiger partial charge in [0.2, 0.25) is 0 Å². The molecule has 0 bridgehead atoms. The molecule has 3 rings (SSSR count). The number of nitriles is 1. The highest BCUT2D eigenvalue weighted by Crippen LogP contribution is 2.23. The van der Waals surface area contributed by atoms with Gasteiger partial charge >= 0.3 is 0 Å². The van der Waals surface area contributed by atoms with E-state index in [1.165, 1.54) is 12.1 Å². The molecule has 1 N–H and O–H groups in total. The maximum absolute atomic E-state index is 13.8. The van der Waals surface area contributed by atoms with Crippen LogP contribution in [0.15, 0.2) is 78.4 Å². The van der Waals surface area contributed by atoms with E-state index in [0.29, 0.717) is 22.6 Å². The molecular weight excluding hydrogens is 367 g/mol. The Bertz CT molecular complexity index is 1100. The van der Waals surface area contributed by atoms with Gasteiger partial charge in [-0.05, 0) is 36.8 Å². The van der Waals surface area contributed by atoms with E-state index in [4.69, 9.17) is 4.74 Å². The second kappa shape index (κ2) is 9.34. The van der Waals surface area contributed by atoms with Crippen molar-refractivity contribution in [3.63, 3.8) is 0 Å². The van der Waals surface area contributed by atoms with Crippen LogP contribution >= 0.6 is 0 Å². The lowest BCUT2D eigenvalue weighted by Crippen LogP contribution is -2.14. The fraction of sp³-hybridized carbons (Fsp3) is 0.0833. The standard InChI is InChI=1S/C24H19FN2O2/c1-17-8-2-6-12-22(17)27-24(28)20(15-26)14-18-9-4-7-13-23(18)29-16-19-10-3-5-11-21(19)25/h2-14H,16H2,1H3,(H,27,28)/b20-14+. The van der Waals surface area contributed by atoms with Crippen LogP contribution in [0.25, 0.3) is 6.08 Å². The zero-order chi connectivity index (χ0) is 20.6. The van der Waals surface area contributed by atoms with Crippen LogP contribution in [0.5, 0.6) is 5.75 Å². The molecule has 0 aliphatic carbocycles. The van der Waals surface area contributed by atoms with E-state index in [0.717, 1.165) is 5.56 Å². The fourth-order valence-electron chi connectivity index (χ4n) is 2.71. The third-order valence-corrected chi connectivity index (χ3v) is 4.32. The molecule has 0 spiro atoms. The number of nitrogens with zero attached hydrogens (tertiary/aromatic N) is 1. The molecule has 29 heavy (non-hydrogen) atoms. The van der Waals surface area contributed by atoms with Crippen LogP contribution < -0.4 is 10.1 Å². The minimum absolute atomic E-state index is 0.0365. The Kier molecular flexibility index (Phi) is 6.39. The molecule has 0 aromatic heterocycles. The molecule has 3 aromatic carbocycles. The molecule has 3 aromatic rings. The third kappa shape index (κ3) is 5.08. The first-order chi connectivity index (χ1) is 14.1. The minimum Gasteiger partial charge on any atom is -0.488 e. The molecule has 0 radical (unpaired) electrons. The zero-order valence-corrected chi connectivity index (χ0v) is 15.9. The van der Waals surface area contributed by atoms with Crippen molar-refractivity contribution in [3.05, 3.63) is 101 Å². The van der Waals surface area contributed by atoms with Gasteiger partial charge in [-0.1, -0.05) is 54.6 Å². The molecule has 5 heteroatoms. The van der Waals surface area contributed by atoms with Gasteiger partial charge in [0.15, 0.2) is 0 Å². The number of hydrogen-bond acceptors (Lipinski definition) is 3. The lowest BCUT2D eigenvalue weighted by molar-refractivity contribution is -0.112. The molecule has 0 aliphatic heterocycles. The SMILES string of the molecule is Cc1ccccc1NC(=O)/C(C#N)=C/c1ccccc1OCc1ccccc1F. The average Bonchev–Trinajstić information content (AvgIpc) is 2.73. The summed E-state index contributed by atoms with van der Waals surface area (Å²) < 4.78 is 19.6. The summed E-state index contributed by atoms with van der Waals surface area (Å²) in [7, 11) is 0. The van der Waals surface area contributed by atoms with E-state index in [9.17, 15) is 14.4 Å². The monoisotopic (exact) mass is 386 g/mol. The van der Waals surface area contributed by atoms with E-state index in [1.54, 1.807) is 48.5 Å². The first kappa shape index (κ1) is 19.8. The van der Waals surface area contributed by atoms with Crippen LogP contribution in [0.4, 0.5) is 10.1 Å². The maximum atomic E-state index is 13.8. The number of para-hydroxylation sites is 2. The van der Waals surface area contributed by atoms with Gasteiger partial charge in [-0.25, -0.2) is 4.39 Å². The number of carbonyl (C=O) groups excluding carboxylic acids is 1. The number of rotatable bonds is 6. The van der Waals surface area contributed by atoms with Gasteiger partial charge in [-0.3, -0.25) is 4.79 Å². The van der Waals surface area contributed by atoms with Crippen molar-refractivity contribution in [1.29, 1.82) is 5.26 Å². The Morgan fingerprint density at radius 3 is 2.52 bits per heavy atom. The summed E-state index contributed by atoms with van der Waals surface area (Å²) in [5, 5.41) is 12.2. The number of aryl methyl sites for hydroxylation is 1. The smallest absolute Gasteiger partial charge is 0.266 e. The Balaban J connectivity index is 1.81. The Morgan fingerprint density at radius 1 is 1.07 bits per heavy atom. The van der Waals surface area contributed by atoms with Crippen LogP contribution in [0.1, 0.15) is 16.7 Å². The molecule has 0 heterocycles. The van der Waals surface area contributed by atoms with Gasteiger partial charge < -0.3 is 10.1 Å². The van der Waals surface area contributed by atoms with Crippen molar-refractivity contribution in [2.45, 2.75) is 13.5 Å². The van der Waals surface area contributed by atoms with Crippen LogP contribution in [0.2, 0.25) is 0 Å². The molecule has 0 aliphatic rings. The minimum atomic E-state index is -0.509. The highest BCUT2D eigenvalue weighted by molar-refractivity contribution is 6.10. The van der Waals surface area contributed by atoms with E-state index in [-0.39, 0.29) is 18.0 Å².